The van der Waals surface area contributed by atoms with E-state index in [1.165, 1.54) is 36.9 Å². The van der Waals surface area contributed by atoms with Crippen molar-refractivity contribution in [2.75, 3.05) is 7.05 Å². The summed E-state index contributed by atoms with van der Waals surface area (Å²) in [5.41, 5.74) is 2.82. The van der Waals surface area contributed by atoms with Gasteiger partial charge in [0.05, 0.1) is 0 Å². The fourth-order valence-corrected chi connectivity index (χ4v) is 3.22. The molecule has 1 aromatic carbocycles. The summed E-state index contributed by atoms with van der Waals surface area (Å²) in [6.45, 7) is 0. The zero-order chi connectivity index (χ0) is 11.0. The van der Waals surface area contributed by atoms with E-state index < -0.39 is 0 Å². The van der Waals surface area contributed by atoms with Crippen LogP contribution in [0.15, 0.2) is 36.4 Å². The lowest BCUT2D eigenvalue weighted by atomic mass is 9.86. The van der Waals surface area contributed by atoms with Crippen molar-refractivity contribution >= 4 is 5.70 Å². The zero-order valence-corrected chi connectivity index (χ0v) is 9.89. The lowest BCUT2D eigenvalue weighted by molar-refractivity contribution is 0.240. The van der Waals surface area contributed by atoms with Gasteiger partial charge in [0.25, 0.3) is 0 Å². The van der Waals surface area contributed by atoms with Crippen LogP contribution in [0.3, 0.4) is 0 Å². The van der Waals surface area contributed by atoms with Gasteiger partial charge in [-0.2, -0.15) is 0 Å². The normalized spacial score (nSPS) is 28.8. The number of benzene rings is 1. The molecule has 84 valence electrons. The standard InChI is InChI=1S/C15H19N/c1-16-14-10-6-5-9-13(14)11-15(16)12-7-3-2-4-8-12/h2-4,7-8,11,13-14H,5-6,9-10H2,1H3. The Bertz CT molecular complexity index is 393. The van der Waals surface area contributed by atoms with Gasteiger partial charge in [-0.25, -0.2) is 0 Å². The maximum Gasteiger partial charge on any atom is 0.0403 e. The molecule has 1 heteroatoms. The molecular weight excluding hydrogens is 194 g/mol. The maximum atomic E-state index is 2.50. The van der Waals surface area contributed by atoms with Gasteiger partial charge in [0, 0.05) is 18.8 Å². The molecular formula is C15H19N. The van der Waals surface area contributed by atoms with Gasteiger partial charge in [0.1, 0.15) is 0 Å². The smallest absolute Gasteiger partial charge is 0.0403 e. The van der Waals surface area contributed by atoms with Crippen LogP contribution in [0, 0.1) is 5.92 Å². The Kier molecular flexibility index (Phi) is 2.47. The molecule has 1 fully saturated rings. The third-order valence-corrected chi connectivity index (χ3v) is 4.10. The van der Waals surface area contributed by atoms with E-state index in [1.807, 2.05) is 0 Å². The second kappa shape index (κ2) is 3.97. The SMILES string of the molecule is CN1C(c2ccccc2)=CC2CCCCC21. The summed E-state index contributed by atoms with van der Waals surface area (Å²) in [6.07, 6.45) is 8.06. The van der Waals surface area contributed by atoms with Gasteiger partial charge >= 0.3 is 0 Å². The molecule has 1 heterocycles. The van der Waals surface area contributed by atoms with E-state index in [4.69, 9.17) is 0 Å². The lowest BCUT2D eigenvalue weighted by Gasteiger charge is -2.32. The minimum atomic E-state index is 0.768. The first-order valence-electron chi connectivity index (χ1n) is 6.36. The molecule has 1 saturated carbocycles. The zero-order valence-electron chi connectivity index (χ0n) is 9.89. The van der Waals surface area contributed by atoms with Crippen LogP contribution in [0.2, 0.25) is 0 Å². The molecule has 0 spiro atoms. The summed E-state index contributed by atoms with van der Waals surface area (Å²) in [5, 5.41) is 0. The fraction of sp³-hybridized carbons (Fsp3) is 0.467. The van der Waals surface area contributed by atoms with E-state index in [1.54, 1.807) is 0 Å². The Morgan fingerprint density at radius 2 is 1.81 bits per heavy atom. The highest BCUT2D eigenvalue weighted by molar-refractivity contribution is 5.66. The van der Waals surface area contributed by atoms with Crippen molar-refractivity contribution in [2.24, 2.45) is 5.92 Å². The Morgan fingerprint density at radius 1 is 1.06 bits per heavy atom. The first-order chi connectivity index (χ1) is 7.86. The molecule has 1 aromatic rings. The Balaban J connectivity index is 1.91. The summed E-state index contributed by atoms with van der Waals surface area (Å²) in [4.78, 5) is 2.50. The molecule has 1 nitrogen and oxygen atoms in total. The van der Waals surface area contributed by atoms with Crippen LogP contribution in [0.25, 0.3) is 5.70 Å². The number of fused-ring (bicyclic) bond motifs is 1. The molecule has 0 N–H and O–H groups in total. The number of rotatable bonds is 1. The summed E-state index contributed by atoms with van der Waals surface area (Å²) in [6, 6.07) is 11.6. The molecule has 16 heavy (non-hydrogen) atoms. The molecule has 1 aliphatic carbocycles. The average molecular weight is 213 g/mol. The van der Waals surface area contributed by atoms with E-state index in [0.29, 0.717) is 0 Å². The Morgan fingerprint density at radius 3 is 2.56 bits per heavy atom. The minimum absolute atomic E-state index is 0.768. The third kappa shape index (κ3) is 1.55. The molecule has 0 bridgehead atoms. The van der Waals surface area contributed by atoms with Gasteiger partial charge in [0.2, 0.25) is 0 Å². The fourth-order valence-electron chi connectivity index (χ4n) is 3.22. The van der Waals surface area contributed by atoms with E-state index in [2.05, 4.69) is 48.4 Å². The summed E-state index contributed by atoms with van der Waals surface area (Å²) >= 11 is 0. The van der Waals surface area contributed by atoms with Crippen molar-refractivity contribution in [2.45, 2.75) is 31.7 Å². The summed E-state index contributed by atoms with van der Waals surface area (Å²) < 4.78 is 0. The lowest BCUT2D eigenvalue weighted by Crippen LogP contribution is -2.32. The van der Waals surface area contributed by atoms with Crippen LogP contribution in [0.5, 0.6) is 0 Å². The number of hydrogen-bond donors (Lipinski definition) is 0. The van der Waals surface area contributed by atoms with Gasteiger partial charge in [-0.05, 0) is 24.3 Å². The predicted molar refractivity (Wildman–Crippen MR) is 67.9 cm³/mol. The molecule has 0 amide bonds. The van der Waals surface area contributed by atoms with Crippen molar-refractivity contribution in [3.05, 3.63) is 42.0 Å². The topological polar surface area (TPSA) is 3.24 Å². The van der Waals surface area contributed by atoms with Crippen molar-refractivity contribution in [3.8, 4) is 0 Å². The molecule has 3 rings (SSSR count). The van der Waals surface area contributed by atoms with Gasteiger partial charge in [-0.1, -0.05) is 49.2 Å². The van der Waals surface area contributed by atoms with Crippen LogP contribution in [0.1, 0.15) is 31.2 Å². The first kappa shape index (κ1) is 9.95. The quantitative estimate of drug-likeness (QED) is 0.689. The van der Waals surface area contributed by atoms with Gasteiger partial charge in [-0.15, -0.1) is 0 Å². The molecule has 1 aliphatic heterocycles. The van der Waals surface area contributed by atoms with Crippen molar-refractivity contribution in [1.29, 1.82) is 0 Å². The van der Waals surface area contributed by atoms with Gasteiger partial charge in [0.15, 0.2) is 0 Å². The van der Waals surface area contributed by atoms with Gasteiger partial charge in [-0.3, -0.25) is 0 Å². The highest BCUT2D eigenvalue weighted by Gasteiger charge is 2.33. The van der Waals surface area contributed by atoms with E-state index in [-0.39, 0.29) is 0 Å². The van der Waals surface area contributed by atoms with Crippen LogP contribution in [-0.4, -0.2) is 18.0 Å². The highest BCUT2D eigenvalue weighted by atomic mass is 15.2. The molecule has 2 unspecified atom stereocenters. The largest absolute Gasteiger partial charge is 0.371 e. The van der Waals surface area contributed by atoms with Crippen molar-refractivity contribution in [1.82, 2.24) is 4.90 Å². The van der Waals surface area contributed by atoms with Crippen molar-refractivity contribution in [3.63, 3.8) is 0 Å². The summed E-state index contributed by atoms with van der Waals surface area (Å²) in [7, 11) is 2.26. The molecule has 0 aromatic heterocycles. The van der Waals surface area contributed by atoms with E-state index in [9.17, 15) is 0 Å². The van der Waals surface area contributed by atoms with Crippen LogP contribution < -0.4 is 0 Å². The molecule has 0 saturated heterocycles. The van der Waals surface area contributed by atoms with Crippen LogP contribution >= 0.6 is 0 Å². The maximum absolute atomic E-state index is 2.50. The first-order valence-corrected chi connectivity index (χ1v) is 6.36. The predicted octanol–water partition coefficient (Wildman–Crippen LogP) is 3.53. The van der Waals surface area contributed by atoms with Gasteiger partial charge < -0.3 is 4.90 Å². The molecule has 0 radical (unpaired) electrons. The third-order valence-electron chi connectivity index (χ3n) is 4.10. The van der Waals surface area contributed by atoms with E-state index in [0.717, 1.165) is 12.0 Å². The average Bonchev–Trinajstić information content (AvgIpc) is 2.69. The van der Waals surface area contributed by atoms with Crippen molar-refractivity contribution < 1.29 is 0 Å². The highest BCUT2D eigenvalue weighted by Crippen LogP contribution is 2.39. The Hall–Kier alpha value is -1.24. The monoisotopic (exact) mass is 213 g/mol. The second-order valence-electron chi connectivity index (χ2n) is 5.04. The minimum Gasteiger partial charge on any atom is -0.371 e. The van der Waals surface area contributed by atoms with Crippen LogP contribution in [0.4, 0.5) is 0 Å². The Labute approximate surface area is 97.8 Å². The second-order valence-corrected chi connectivity index (χ2v) is 5.04. The summed E-state index contributed by atoms with van der Waals surface area (Å²) in [5.74, 6) is 0.800. The number of nitrogens with zero attached hydrogens (tertiary/aromatic N) is 1. The van der Waals surface area contributed by atoms with E-state index >= 15 is 0 Å². The molecule has 2 aliphatic rings. The number of hydrogen-bond acceptors (Lipinski definition) is 1. The molecule has 2 atom stereocenters. The van der Waals surface area contributed by atoms with Crippen LogP contribution in [-0.2, 0) is 0 Å².